The number of hydrogen-bond acceptors (Lipinski definition) is 4. The number of ether oxygens (including phenoxy) is 1. The van der Waals surface area contributed by atoms with E-state index in [1.807, 2.05) is 6.92 Å². The van der Waals surface area contributed by atoms with Crippen LogP contribution < -0.4 is 11.1 Å². The first kappa shape index (κ1) is 16.4. The SMILES string of the molecule is CC(N)CCCC(=O)NCC(C)(C)N1CCOCC1. The van der Waals surface area contributed by atoms with Crippen LogP contribution in [0, 0.1) is 0 Å². The van der Waals surface area contributed by atoms with Gasteiger partial charge < -0.3 is 15.8 Å². The fourth-order valence-electron chi connectivity index (χ4n) is 2.27. The smallest absolute Gasteiger partial charge is 0.220 e. The van der Waals surface area contributed by atoms with Crippen molar-refractivity contribution in [1.82, 2.24) is 10.2 Å². The molecule has 0 aliphatic carbocycles. The molecule has 1 fully saturated rings. The Labute approximate surface area is 116 Å². The van der Waals surface area contributed by atoms with Gasteiger partial charge in [-0.05, 0) is 33.6 Å². The Balaban J connectivity index is 2.23. The highest BCUT2D eigenvalue weighted by molar-refractivity contribution is 5.75. The van der Waals surface area contributed by atoms with E-state index in [0.717, 1.165) is 39.1 Å². The van der Waals surface area contributed by atoms with Crippen LogP contribution in [-0.2, 0) is 9.53 Å². The maximum atomic E-state index is 11.8. The number of morpholine rings is 1. The molecular weight excluding hydrogens is 242 g/mol. The zero-order chi connectivity index (χ0) is 14.3. The van der Waals surface area contributed by atoms with E-state index in [4.69, 9.17) is 10.5 Å². The van der Waals surface area contributed by atoms with Gasteiger partial charge in [0.1, 0.15) is 0 Å². The van der Waals surface area contributed by atoms with Crippen LogP contribution >= 0.6 is 0 Å². The van der Waals surface area contributed by atoms with Crippen molar-refractivity contribution in [1.29, 1.82) is 0 Å². The van der Waals surface area contributed by atoms with Gasteiger partial charge in [-0.3, -0.25) is 9.69 Å². The van der Waals surface area contributed by atoms with Gasteiger partial charge in [0, 0.05) is 37.6 Å². The summed E-state index contributed by atoms with van der Waals surface area (Å²) < 4.78 is 5.36. The predicted molar refractivity (Wildman–Crippen MR) is 77.0 cm³/mol. The van der Waals surface area contributed by atoms with Gasteiger partial charge in [0.2, 0.25) is 5.91 Å². The molecule has 3 N–H and O–H groups in total. The molecule has 1 saturated heterocycles. The lowest BCUT2D eigenvalue weighted by molar-refractivity contribution is -0.122. The fourth-order valence-corrected chi connectivity index (χ4v) is 2.27. The molecule has 5 heteroatoms. The van der Waals surface area contributed by atoms with Gasteiger partial charge >= 0.3 is 0 Å². The van der Waals surface area contributed by atoms with E-state index in [2.05, 4.69) is 24.1 Å². The first-order valence-electron chi connectivity index (χ1n) is 7.27. The minimum Gasteiger partial charge on any atom is -0.379 e. The molecule has 112 valence electrons. The van der Waals surface area contributed by atoms with Gasteiger partial charge in [0.25, 0.3) is 0 Å². The standard InChI is InChI=1S/C14H29N3O2/c1-12(15)5-4-6-13(18)16-11-14(2,3)17-7-9-19-10-8-17/h12H,4-11,15H2,1-3H3,(H,16,18). The monoisotopic (exact) mass is 271 g/mol. The molecule has 0 radical (unpaired) electrons. The summed E-state index contributed by atoms with van der Waals surface area (Å²) in [6.45, 7) is 10.4. The minimum atomic E-state index is -0.0133. The molecule has 1 heterocycles. The lowest BCUT2D eigenvalue weighted by Gasteiger charge is -2.40. The molecular formula is C14H29N3O2. The second-order valence-electron chi connectivity index (χ2n) is 6.06. The van der Waals surface area contributed by atoms with E-state index in [1.165, 1.54) is 0 Å². The highest BCUT2D eigenvalue weighted by atomic mass is 16.5. The third kappa shape index (κ3) is 6.36. The number of amides is 1. The quantitative estimate of drug-likeness (QED) is 0.716. The third-order valence-corrected chi connectivity index (χ3v) is 3.65. The van der Waals surface area contributed by atoms with E-state index >= 15 is 0 Å². The minimum absolute atomic E-state index is 0.0133. The van der Waals surface area contributed by atoms with Crippen molar-refractivity contribution < 1.29 is 9.53 Å². The van der Waals surface area contributed by atoms with E-state index < -0.39 is 0 Å². The molecule has 1 atom stereocenters. The highest BCUT2D eigenvalue weighted by Gasteiger charge is 2.28. The summed E-state index contributed by atoms with van der Waals surface area (Å²) in [5.74, 6) is 0.127. The van der Waals surface area contributed by atoms with Crippen molar-refractivity contribution in [3.05, 3.63) is 0 Å². The molecule has 0 aromatic rings. The van der Waals surface area contributed by atoms with Crippen molar-refractivity contribution in [3.63, 3.8) is 0 Å². The van der Waals surface area contributed by atoms with Crippen LogP contribution in [0.5, 0.6) is 0 Å². The fraction of sp³-hybridized carbons (Fsp3) is 0.929. The molecule has 1 amide bonds. The zero-order valence-corrected chi connectivity index (χ0v) is 12.6. The summed E-state index contributed by atoms with van der Waals surface area (Å²) >= 11 is 0. The van der Waals surface area contributed by atoms with Crippen LogP contribution in [-0.4, -0.2) is 55.2 Å². The number of nitrogens with one attached hydrogen (secondary N) is 1. The summed E-state index contributed by atoms with van der Waals surface area (Å²) in [5, 5.41) is 3.03. The number of rotatable bonds is 7. The maximum absolute atomic E-state index is 11.8. The number of nitrogens with two attached hydrogens (primary N) is 1. The predicted octanol–water partition coefficient (Wildman–Crippen LogP) is 0.731. The zero-order valence-electron chi connectivity index (χ0n) is 12.6. The average molecular weight is 271 g/mol. The number of hydrogen-bond donors (Lipinski definition) is 2. The van der Waals surface area contributed by atoms with Crippen molar-refractivity contribution >= 4 is 5.91 Å². The van der Waals surface area contributed by atoms with Crippen molar-refractivity contribution in [2.45, 2.75) is 51.6 Å². The molecule has 0 aromatic carbocycles. The second kappa shape index (κ2) is 7.82. The summed E-state index contributed by atoms with van der Waals surface area (Å²) in [4.78, 5) is 14.1. The normalized spacial score (nSPS) is 19.2. The van der Waals surface area contributed by atoms with E-state index in [1.54, 1.807) is 0 Å². The van der Waals surface area contributed by atoms with Gasteiger partial charge in [0.05, 0.1) is 13.2 Å². The Morgan fingerprint density at radius 2 is 2.05 bits per heavy atom. The topological polar surface area (TPSA) is 67.6 Å². The van der Waals surface area contributed by atoms with Gasteiger partial charge in [-0.1, -0.05) is 0 Å². The Hall–Kier alpha value is -0.650. The van der Waals surface area contributed by atoms with E-state index in [9.17, 15) is 4.79 Å². The molecule has 1 aliphatic rings. The molecule has 1 aliphatic heterocycles. The molecule has 0 bridgehead atoms. The first-order valence-corrected chi connectivity index (χ1v) is 7.27. The van der Waals surface area contributed by atoms with Crippen LogP contribution in [0.2, 0.25) is 0 Å². The van der Waals surface area contributed by atoms with Crippen LogP contribution in [0.3, 0.4) is 0 Å². The number of carbonyl (C=O) groups excluding carboxylic acids is 1. The summed E-state index contributed by atoms with van der Waals surface area (Å²) in [7, 11) is 0. The first-order chi connectivity index (χ1) is 8.92. The number of carbonyl (C=O) groups is 1. The van der Waals surface area contributed by atoms with E-state index in [0.29, 0.717) is 13.0 Å². The average Bonchev–Trinajstić information content (AvgIpc) is 2.37. The molecule has 0 saturated carbocycles. The van der Waals surface area contributed by atoms with Crippen LogP contribution in [0.4, 0.5) is 0 Å². The van der Waals surface area contributed by atoms with Gasteiger partial charge in [-0.2, -0.15) is 0 Å². The molecule has 1 rings (SSSR count). The number of nitrogens with zero attached hydrogens (tertiary/aromatic N) is 1. The van der Waals surface area contributed by atoms with Crippen LogP contribution in [0.15, 0.2) is 0 Å². The Morgan fingerprint density at radius 1 is 1.42 bits per heavy atom. The lowest BCUT2D eigenvalue weighted by Crippen LogP contribution is -2.55. The molecule has 0 aromatic heterocycles. The highest BCUT2D eigenvalue weighted by Crippen LogP contribution is 2.15. The Morgan fingerprint density at radius 3 is 2.63 bits per heavy atom. The van der Waals surface area contributed by atoms with E-state index in [-0.39, 0.29) is 17.5 Å². The second-order valence-corrected chi connectivity index (χ2v) is 6.06. The van der Waals surface area contributed by atoms with Crippen molar-refractivity contribution in [2.24, 2.45) is 5.73 Å². The molecule has 0 spiro atoms. The summed E-state index contributed by atoms with van der Waals surface area (Å²) in [6.07, 6.45) is 2.34. The molecule has 19 heavy (non-hydrogen) atoms. The van der Waals surface area contributed by atoms with Crippen LogP contribution in [0.1, 0.15) is 40.0 Å². The third-order valence-electron chi connectivity index (χ3n) is 3.65. The Bertz CT molecular complexity index is 274. The Kier molecular flexibility index (Phi) is 6.75. The van der Waals surface area contributed by atoms with Gasteiger partial charge in [0.15, 0.2) is 0 Å². The maximum Gasteiger partial charge on any atom is 0.220 e. The van der Waals surface area contributed by atoms with Gasteiger partial charge in [-0.25, -0.2) is 0 Å². The molecule has 5 nitrogen and oxygen atoms in total. The van der Waals surface area contributed by atoms with Gasteiger partial charge in [-0.15, -0.1) is 0 Å². The van der Waals surface area contributed by atoms with Crippen molar-refractivity contribution in [2.75, 3.05) is 32.8 Å². The summed E-state index contributed by atoms with van der Waals surface area (Å²) in [6, 6.07) is 0.178. The largest absolute Gasteiger partial charge is 0.379 e. The molecule has 1 unspecified atom stereocenters. The van der Waals surface area contributed by atoms with Crippen molar-refractivity contribution in [3.8, 4) is 0 Å². The lowest BCUT2D eigenvalue weighted by atomic mass is 10.0. The van der Waals surface area contributed by atoms with Crippen LogP contribution in [0.25, 0.3) is 0 Å². The summed E-state index contributed by atoms with van der Waals surface area (Å²) in [5.41, 5.74) is 5.66.